The summed E-state index contributed by atoms with van der Waals surface area (Å²) in [6, 6.07) is 7.08. The van der Waals surface area contributed by atoms with Crippen molar-refractivity contribution in [1.29, 1.82) is 0 Å². The van der Waals surface area contributed by atoms with Crippen LogP contribution in [-0.2, 0) is 6.42 Å². The number of nitrogens with two attached hydrogens (primary N) is 1. The smallest absolute Gasteiger partial charge is 0.126 e. The van der Waals surface area contributed by atoms with Gasteiger partial charge in [0.25, 0.3) is 0 Å². The molecule has 3 N–H and O–H groups in total. The SMILES string of the molecule is NNC(CSC1CCCC1)Cc1ccccc1F. The van der Waals surface area contributed by atoms with Gasteiger partial charge < -0.3 is 0 Å². The molecule has 0 saturated heterocycles. The molecule has 1 aliphatic carbocycles. The van der Waals surface area contributed by atoms with Crippen molar-refractivity contribution in [3.8, 4) is 0 Å². The fourth-order valence-electron chi connectivity index (χ4n) is 2.40. The molecule has 1 aliphatic rings. The molecule has 0 bridgehead atoms. The number of hydrogen-bond donors (Lipinski definition) is 2. The van der Waals surface area contributed by atoms with E-state index in [-0.39, 0.29) is 11.9 Å². The Kier molecular flexibility index (Phi) is 5.47. The summed E-state index contributed by atoms with van der Waals surface area (Å²) >= 11 is 1.98. The number of benzene rings is 1. The average molecular weight is 268 g/mol. The zero-order valence-corrected chi connectivity index (χ0v) is 11.4. The molecule has 1 saturated carbocycles. The molecular weight excluding hydrogens is 247 g/mol. The standard InChI is InChI=1S/C14H21FN2S/c15-14-8-4-1-5-11(14)9-12(17-16)10-18-13-6-2-3-7-13/h1,4-5,8,12-13,17H,2-3,6-7,9-10,16H2. The maximum absolute atomic E-state index is 13.6. The minimum Gasteiger partial charge on any atom is -0.271 e. The van der Waals surface area contributed by atoms with Gasteiger partial charge >= 0.3 is 0 Å². The minimum atomic E-state index is -0.136. The van der Waals surface area contributed by atoms with E-state index in [0.717, 1.165) is 16.6 Å². The first kappa shape index (κ1) is 13.8. The van der Waals surface area contributed by atoms with Crippen LogP contribution in [-0.4, -0.2) is 17.0 Å². The lowest BCUT2D eigenvalue weighted by Gasteiger charge is -2.18. The van der Waals surface area contributed by atoms with Crippen molar-refractivity contribution in [3.05, 3.63) is 35.6 Å². The van der Waals surface area contributed by atoms with E-state index in [1.807, 2.05) is 23.9 Å². The Labute approximate surface area is 112 Å². The molecule has 1 aromatic carbocycles. The van der Waals surface area contributed by atoms with Crippen LogP contribution in [0, 0.1) is 5.82 Å². The van der Waals surface area contributed by atoms with E-state index < -0.39 is 0 Å². The Balaban J connectivity index is 1.83. The van der Waals surface area contributed by atoms with Gasteiger partial charge in [-0.1, -0.05) is 31.0 Å². The van der Waals surface area contributed by atoms with Crippen molar-refractivity contribution in [1.82, 2.24) is 5.43 Å². The Hall–Kier alpha value is -0.580. The highest BCUT2D eigenvalue weighted by molar-refractivity contribution is 7.99. The van der Waals surface area contributed by atoms with Gasteiger partial charge in [-0.25, -0.2) is 4.39 Å². The summed E-state index contributed by atoms with van der Waals surface area (Å²) < 4.78 is 13.6. The van der Waals surface area contributed by atoms with Crippen LogP contribution in [0.1, 0.15) is 31.2 Å². The van der Waals surface area contributed by atoms with Crippen LogP contribution in [0.5, 0.6) is 0 Å². The second kappa shape index (κ2) is 7.12. The average Bonchev–Trinajstić information content (AvgIpc) is 2.90. The zero-order valence-electron chi connectivity index (χ0n) is 10.6. The van der Waals surface area contributed by atoms with Crippen LogP contribution in [0.2, 0.25) is 0 Å². The number of nitrogens with one attached hydrogen (secondary N) is 1. The van der Waals surface area contributed by atoms with Crippen molar-refractivity contribution in [3.63, 3.8) is 0 Å². The Morgan fingerprint density at radius 3 is 2.72 bits per heavy atom. The minimum absolute atomic E-state index is 0.136. The Bertz CT molecular complexity index is 367. The molecule has 2 nitrogen and oxygen atoms in total. The summed E-state index contributed by atoms with van der Waals surface area (Å²) in [6.45, 7) is 0. The fourth-order valence-corrected chi connectivity index (χ4v) is 3.79. The van der Waals surface area contributed by atoms with Gasteiger partial charge in [0.15, 0.2) is 0 Å². The van der Waals surface area contributed by atoms with E-state index in [1.54, 1.807) is 6.07 Å². The molecule has 4 heteroatoms. The van der Waals surface area contributed by atoms with Crippen LogP contribution < -0.4 is 11.3 Å². The van der Waals surface area contributed by atoms with E-state index in [4.69, 9.17) is 5.84 Å². The molecule has 1 atom stereocenters. The highest BCUT2D eigenvalue weighted by Gasteiger charge is 2.18. The van der Waals surface area contributed by atoms with Crippen molar-refractivity contribution in [2.75, 3.05) is 5.75 Å². The molecule has 2 rings (SSSR count). The molecule has 1 fully saturated rings. The van der Waals surface area contributed by atoms with Crippen molar-refractivity contribution >= 4 is 11.8 Å². The summed E-state index contributed by atoms with van der Waals surface area (Å²) in [6.07, 6.45) is 6.00. The molecule has 0 radical (unpaired) electrons. The molecule has 0 aromatic heterocycles. The normalized spacial score (nSPS) is 18.1. The lowest BCUT2D eigenvalue weighted by Crippen LogP contribution is -2.39. The maximum atomic E-state index is 13.6. The van der Waals surface area contributed by atoms with Crippen LogP contribution in [0.4, 0.5) is 4.39 Å². The number of thioether (sulfide) groups is 1. The van der Waals surface area contributed by atoms with Crippen LogP contribution in [0.25, 0.3) is 0 Å². The summed E-state index contributed by atoms with van der Waals surface area (Å²) in [5.41, 5.74) is 3.56. The third-order valence-electron chi connectivity index (χ3n) is 3.50. The third kappa shape index (κ3) is 3.97. The highest BCUT2D eigenvalue weighted by atomic mass is 32.2. The van der Waals surface area contributed by atoms with Gasteiger partial charge in [0.05, 0.1) is 0 Å². The van der Waals surface area contributed by atoms with Gasteiger partial charge in [0, 0.05) is 17.0 Å². The first-order valence-corrected chi connectivity index (χ1v) is 7.65. The van der Waals surface area contributed by atoms with E-state index in [2.05, 4.69) is 5.43 Å². The first-order chi connectivity index (χ1) is 8.79. The summed E-state index contributed by atoms with van der Waals surface area (Å²) in [5.74, 6) is 6.39. The van der Waals surface area contributed by atoms with Gasteiger partial charge in [-0.15, -0.1) is 0 Å². The quantitative estimate of drug-likeness (QED) is 0.615. The second-order valence-electron chi connectivity index (χ2n) is 4.90. The topological polar surface area (TPSA) is 38.0 Å². The second-order valence-corrected chi connectivity index (χ2v) is 6.23. The molecule has 100 valence electrons. The largest absolute Gasteiger partial charge is 0.271 e. The van der Waals surface area contributed by atoms with Crippen molar-refractivity contribution in [2.45, 2.75) is 43.4 Å². The van der Waals surface area contributed by atoms with E-state index in [9.17, 15) is 4.39 Å². The number of hydrogen-bond acceptors (Lipinski definition) is 3. The van der Waals surface area contributed by atoms with E-state index in [0.29, 0.717) is 6.42 Å². The summed E-state index contributed by atoms with van der Waals surface area (Å²) in [4.78, 5) is 0. The van der Waals surface area contributed by atoms with Crippen LogP contribution >= 0.6 is 11.8 Å². The molecule has 1 aromatic rings. The van der Waals surface area contributed by atoms with Gasteiger partial charge in [-0.05, 0) is 30.9 Å². The van der Waals surface area contributed by atoms with Crippen molar-refractivity contribution in [2.24, 2.45) is 5.84 Å². The lowest BCUT2D eigenvalue weighted by atomic mass is 10.1. The molecule has 1 unspecified atom stereocenters. The van der Waals surface area contributed by atoms with Gasteiger partial charge in [-0.2, -0.15) is 11.8 Å². The lowest BCUT2D eigenvalue weighted by molar-refractivity contribution is 0.546. The number of rotatable bonds is 6. The summed E-state index contributed by atoms with van der Waals surface area (Å²) in [7, 11) is 0. The van der Waals surface area contributed by atoms with Crippen molar-refractivity contribution < 1.29 is 4.39 Å². The number of halogens is 1. The fraction of sp³-hybridized carbons (Fsp3) is 0.571. The van der Waals surface area contributed by atoms with Gasteiger partial charge in [0.1, 0.15) is 5.82 Å². The highest BCUT2D eigenvalue weighted by Crippen LogP contribution is 2.30. The zero-order chi connectivity index (χ0) is 12.8. The molecule has 18 heavy (non-hydrogen) atoms. The molecule has 0 heterocycles. The Morgan fingerprint density at radius 1 is 1.33 bits per heavy atom. The molecule has 0 amide bonds. The van der Waals surface area contributed by atoms with E-state index >= 15 is 0 Å². The first-order valence-electron chi connectivity index (χ1n) is 6.60. The maximum Gasteiger partial charge on any atom is 0.126 e. The van der Waals surface area contributed by atoms with Gasteiger partial charge in [0.2, 0.25) is 0 Å². The molecule has 0 aliphatic heterocycles. The predicted molar refractivity (Wildman–Crippen MR) is 75.9 cm³/mol. The van der Waals surface area contributed by atoms with Crippen LogP contribution in [0.15, 0.2) is 24.3 Å². The third-order valence-corrected chi connectivity index (χ3v) is 5.03. The predicted octanol–water partition coefficient (Wildman–Crippen LogP) is 2.88. The molecular formula is C14H21FN2S. The monoisotopic (exact) mass is 268 g/mol. The molecule has 0 spiro atoms. The van der Waals surface area contributed by atoms with E-state index in [1.165, 1.54) is 31.7 Å². The van der Waals surface area contributed by atoms with Crippen LogP contribution in [0.3, 0.4) is 0 Å². The Morgan fingerprint density at radius 2 is 2.06 bits per heavy atom. The number of hydrazine groups is 1. The summed E-state index contributed by atoms with van der Waals surface area (Å²) in [5, 5.41) is 0.779. The van der Waals surface area contributed by atoms with Gasteiger partial charge in [-0.3, -0.25) is 11.3 Å².